The van der Waals surface area contributed by atoms with Crippen LogP contribution in [0.5, 0.6) is 0 Å². The predicted molar refractivity (Wildman–Crippen MR) is 66.1 cm³/mol. The number of aromatic nitrogens is 2. The van der Waals surface area contributed by atoms with Crippen molar-refractivity contribution in [2.45, 2.75) is 24.7 Å². The summed E-state index contributed by atoms with van der Waals surface area (Å²) in [5.41, 5.74) is -0.285. The lowest BCUT2D eigenvalue weighted by Gasteiger charge is -2.05. The average Bonchev–Trinajstić information content (AvgIpc) is 3.06. The van der Waals surface area contributed by atoms with Crippen LogP contribution in [-0.2, 0) is 6.18 Å². The molecule has 1 saturated heterocycles. The molecule has 2 N–H and O–H groups in total. The molecule has 0 radical (unpaired) electrons. The van der Waals surface area contributed by atoms with Gasteiger partial charge in [0.25, 0.3) is 0 Å². The summed E-state index contributed by atoms with van der Waals surface area (Å²) in [6.07, 6.45) is -4.36. The Hall–Kier alpha value is -1.93. The second kappa shape index (κ2) is 5.12. The highest BCUT2D eigenvalue weighted by atomic mass is 19.4. The van der Waals surface area contributed by atoms with Crippen LogP contribution in [0.1, 0.15) is 23.9 Å². The van der Waals surface area contributed by atoms with Crippen LogP contribution in [0, 0.1) is 0 Å². The number of nitrogens with one attached hydrogen (secondary N) is 1. The zero-order valence-electron chi connectivity index (χ0n) is 10.8. The molecule has 5 nitrogen and oxygen atoms in total. The van der Waals surface area contributed by atoms with E-state index in [-0.39, 0.29) is 11.9 Å². The minimum Gasteiger partial charge on any atom is -0.392 e. The SMILES string of the molecule is O[C@H]1CN[C@H](c2nc(-c3ccc(C(F)(F)F)cc3)no2)C1. The van der Waals surface area contributed by atoms with Crippen molar-refractivity contribution < 1.29 is 22.8 Å². The van der Waals surface area contributed by atoms with Gasteiger partial charge in [-0.05, 0) is 18.6 Å². The number of hydrogen-bond donors (Lipinski definition) is 2. The van der Waals surface area contributed by atoms with Gasteiger partial charge < -0.3 is 14.9 Å². The third kappa shape index (κ3) is 2.91. The quantitative estimate of drug-likeness (QED) is 0.889. The highest BCUT2D eigenvalue weighted by Crippen LogP contribution is 2.31. The summed E-state index contributed by atoms with van der Waals surface area (Å²) in [4.78, 5) is 4.16. The lowest BCUT2D eigenvalue weighted by molar-refractivity contribution is -0.137. The summed E-state index contributed by atoms with van der Waals surface area (Å²) < 4.78 is 42.5. The molecule has 1 aliphatic heterocycles. The average molecular weight is 299 g/mol. The molecule has 1 aromatic carbocycles. The monoisotopic (exact) mass is 299 g/mol. The molecule has 2 aromatic rings. The Balaban J connectivity index is 1.80. The van der Waals surface area contributed by atoms with Crippen molar-refractivity contribution >= 4 is 0 Å². The lowest BCUT2D eigenvalue weighted by Crippen LogP contribution is -2.15. The van der Waals surface area contributed by atoms with Gasteiger partial charge in [-0.3, -0.25) is 0 Å². The van der Waals surface area contributed by atoms with Gasteiger partial charge in [0.1, 0.15) is 0 Å². The number of alkyl halides is 3. The number of β-amino-alcohol motifs (C(OH)–C–C–N with tert-alkyl or cyclic N) is 1. The van der Waals surface area contributed by atoms with Crippen molar-refractivity contribution in [3.8, 4) is 11.4 Å². The maximum absolute atomic E-state index is 12.5. The second-order valence-electron chi connectivity index (χ2n) is 4.88. The van der Waals surface area contributed by atoms with E-state index in [0.717, 1.165) is 12.1 Å². The maximum atomic E-state index is 12.5. The summed E-state index contributed by atoms with van der Waals surface area (Å²) in [6, 6.07) is 4.32. The Kier molecular flexibility index (Phi) is 3.42. The van der Waals surface area contributed by atoms with Crippen molar-refractivity contribution in [3.63, 3.8) is 0 Å². The van der Waals surface area contributed by atoms with Crippen LogP contribution in [0.3, 0.4) is 0 Å². The topological polar surface area (TPSA) is 71.2 Å². The fourth-order valence-electron chi connectivity index (χ4n) is 2.21. The fraction of sp³-hybridized carbons (Fsp3) is 0.385. The molecular weight excluding hydrogens is 287 g/mol. The highest BCUT2D eigenvalue weighted by molar-refractivity contribution is 5.54. The van der Waals surface area contributed by atoms with Crippen molar-refractivity contribution in [2.24, 2.45) is 0 Å². The predicted octanol–water partition coefficient (Wildman–Crippen LogP) is 2.15. The zero-order valence-corrected chi connectivity index (χ0v) is 10.8. The molecule has 112 valence electrons. The minimum absolute atomic E-state index is 0.224. The summed E-state index contributed by atoms with van der Waals surface area (Å²) in [5.74, 6) is 0.545. The third-order valence-electron chi connectivity index (χ3n) is 3.32. The van der Waals surface area contributed by atoms with E-state index >= 15 is 0 Å². The van der Waals surface area contributed by atoms with Crippen LogP contribution in [0.15, 0.2) is 28.8 Å². The Morgan fingerprint density at radius 1 is 1.24 bits per heavy atom. The molecule has 2 heterocycles. The smallest absolute Gasteiger partial charge is 0.392 e. The van der Waals surface area contributed by atoms with E-state index in [1.165, 1.54) is 12.1 Å². The molecule has 8 heteroatoms. The molecule has 0 aliphatic carbocycles. The van der Waals surface area contributed by atoms with Gasteiger partial charge in [-0.25, -0.2) is 0 Å². The number of rotatable bonds is 2. The molecule has 0 saturated carbocycles. The summed E-state index contributed by atoms with van der Waals surface area (Å²) >= 11 is 0. The first-order chi connectivity index (χ1) is 9.93. The highest BCUT2D eigenvalue weighted by Gasteiger charge is 2.31. The Labute approximate surface area is 117 Å². The number of aliphatic hydroxyl groups is 1. The fourth-order valence-corrected chi connectivity index (χ4v) is 2.21. The van der Waals surface area contributed by atoms with Gasteiger partial charge in [0, 0.05) is 12.1 Å². The van der Waals surface area contributed by atoms with Crippen LogP contribution < -0.4 is 5.32 Å². The number of benzene rings is 1. The molecule has 1 fully saturated rings. The summed E-state index contributed by atoms with van der Waals surface area (Å²) in [7, 11) is 0. The van der Waals surface area contributed by atoms with Gasteiger partial charge in [-0.15, -0.1) is 0 Å². The van der Waals surface area contributed by atoms with Gasteiger partial charge in [0.05, 0.1) is 17.7 Å². The van der Waals surface area contributed by atoms with Gasteiger partial charge >= 0.3 is 6.18 Å². The normalized spacial score (nSPS) is 22.7. The first-order valence-electron chi connectivity index (χ1n) is 6.36. The van der Waals surface area contributed by atoms with E-state index in [0.29, 0.717) is 24.4 Å². The van der Waals surface area contributed by atoms with Crippen LogP contribution in [0.4, 0.5) is 13.2 Å². The molecule has 1 aliphatic rings. The van der Waals surface area contributed by atoms with Gasteiger partial charge in [0.15, 0.2) is 0 Å². The van der Waals surface area contributed by atoms with E-state index in [4.69, 9.17) is 4.52 Å². The van der Waals surface area contributed by atoms with E-state index < -0.39 is 17.8 Å². The molecule has 0 amide bonds. The van der Waals surface area contributed by atoms with Crippen molar-refractivity contribution in [3.05, 3.63) is 35.7 Å². The molecular formula is C13H12F3N3O2. The first-order valence-corrected chi connectivity index (χ1v) is 6.36. The molecule has 2 atom stereocenters. The van der Waals surface area contributed by atoms with Crippen molar-refractivity contribution in [1.29, 1.82) is 0 Å². The standard InChI is InChI=1S/C13H12F3N3O2/c14-13(15,16)8-3-1-7(2-4-8)11-18-12(21-19-11)10-5-9(20)6-17-10/h1-4,9-10,17,20H,5-6H2/t9-,10+/m1/s1. The Morgan fingerprint density at radius 2 is 1.95 bits per heavy atom. The van der Waals surface area contributed by atoms with Crippen molar-refractivity contribution in [1.82, 2.24) is 15.5 Å². The summed E-state index contributed by atoms with van der Waals surface area (Å²) in [6.45, 7) is 0.447. The van der Waals surface area contributed by atoms with Gasteiger partial charge in [-0.2, -0.15) is 18.2 Å². The summed E-state index contributed by atoms with van der Waals surface area (Å²) in [5, 5.41) is 16.2. The first kappa shape index (κ1) is 14.0. The maximum Gasteiger partial charge on any atom is 0.416 e. The van der Waals surface area contributed by atoms with Crippen LogP contribution in [-0.4, -0.2) is 27.9 Å². The van der Waals surface area contributed by atoms with Gasteiger partial charge in [-0.1, -0.05) is 17.3 Å². The number of halogens is 3. The van der Waals surface area contributed by atoms with E-state index in [1.54, 1.807) is 0 Å². The van der Waals surface area contributed by atoms with E-state index in [1.807, 2.05) is 0 Å². The minimum atomic E-state index is -4.37. The van der Waals surface area contributed by atoms with Crippen LogP contribution >= 0.6 is 0 Å². The largest absolute Gasteiger partial charge is 0.416 e. The van der Waals surface area contributed by atoms with Crippen LogP contribution in [0.2, 0.25) is 0 Å². The number of hydrogen-bond acceptors (Lipinski definition) is 5. The third-order valence-corrected chi connectivity index (χ3v) is 3.32. The molecule has 0 bridgehead atoms. The molecule has 21 heavy (non-hydrogen) atoms. The lowest BCUT2D eigenvalue weighted by atomic mass is 10.1. The zero-order chi connectivity index (χ0) is 15.0. The Bertz CT molecular complexity index is 624. The molecule has 1 aromatic heterocycles. The molecule has 3 rings (SSSR count). The van der Waals surface area contributed by atoms with Crippen molar-refractivity contribution in [2.75, 3.05) is 6.54 Å². The van der Waals surface area contributed by atoms with E-state index in [2.05, 4.69) is 15.5 Å². The molecule has 0 spiro atoms. The Morgan fingerprint density at radius 3 is 2.52 bits per heavy atom. The number of aliphatic hydroxyl groups excluding tert-OH is 1. The van der Waals surface area contributed by atoms with Crippen LogP contribution in [0.25, 0.3) is 11.4 Å². The second-order valence-corrected chi connectivity index (χ2v) is 4.88. The number of nitrogens with zero attached hydrogens (tertiary/aromatic N) is 2. The van der Waals surface area contributed by atoms with Gasteiger partial charge in [0.2, 0.25) is 11.7 Å². The van der Waals surface area contributed by atoms with E-state index in [9.17, 15) is 18.3 Å². The molecule has 0 unspecified atom stereocenters.